The standard InChI is InChI=1S/C20H18FN5O4/c1-8(27)15-16-10(18(28)12(20(29)30)6-26(16)9-2-3-9)4-13(21)17(15)25-5-11-14(7-25)23-24-19(11)22/h4,6,9H,2-3,5,7H2,1H3,(H,29,30)(H3,22,23,24). The van der Waals surface area contributed by atoms with Gasteiger partial charge in [-0.05, 0) is 25.8 Å². The van der Waals surface area contributed by atoms with Crippen LogP contribution in [0.2, 0.25) is 0 Å². The summed E-state index contributed by atoms with van der Waals surface area (Å²) in [5, 5.41) is 16.1. The van der Waals surface area contributed by atoms with Crippen molar-refractivity contribution in [3.05, 3.63) is 50.7 Å². The van der Waals surface area contributed by atoms with Crippen molar-refractivity contribution in [1.82, 2.24) is 14.8 Å². The summed E-state index contributed by atoms with van der Waals surface area (Å²) in [6.07, 6.45) is 2.85. The first-order valence-corrected chi connectivity index (χ1v) is 9.50. The maximum Gasteiger partial charge on any atom is 0.341 e. The number of aromatic nitrogens is 3. The van der Waals surface area contributed by atoms with Crippen LogP contribution in [-0.2, 0) is 13.1 Å². The number of carboxylic acid groups (broad SMARTS) is 1. The van der Waals surface area contributed by atoms with Gasteiger partial charge in [0.1, 0.15) is 11.4 Å². The van der Waals surface area contributed by atoms with Crippen LogP contribution in [0.25, 0.3) is 10.9 Å². The van der Waals surface area contributed by atoms with Crippen molar-refractivity contribution in [3.63, 3.8) is 0 Å². The third-order valence-electron chi connectivity index (χ3n) is 5.76. The molecule has 0 saturated heterocycles. The highest BCUT2D eigenvalue weighted by atomic mass is 19.1. The van der Waals surface area contributed by atoms with Crippen LogP contribution in [-0.4, -0.2) is 31.6 Å². The maximum atomic E-state index is 15.3. The molecule has 1 aliphatic heterocycles. The lowest BCUT2D eigenvalue weighted by Crippen LogP contribution is -2.24. The number of Topliss-reactive ketones (excluding diaryl/α,β-unsaturated/α-hetero) is 1. The third-order valence-corrected chi connectivity index (χ3v) is 5.76. The van der Waals surface area contributed by atoms with E-state index in [1.165, 1.54) is 13.1 Å². The second-order valence-electron chi connectivity index (χ2n) is 7.77. The van der Waals surface area contributed by atoms with Crippen molar-refractivity contribution in [1.29, 1.82) is 0 Å². The number of carboxylic acids is 1. The Bertz CT molecular complexity index is 1320. The molecule has 9 nitrogen and oxygen atoms in total. The number of nitrogens with one attached hydrogen (secondary N) is 1. The number of rotatable bonds is 4. The summed E-state index contributed by atoms with van der Waals surface area (Å²) in [5.41, 5.74) is 6.53. The van der Waals surface area contributed by atoms with Crippen molar-refractivity contribution in [2.75, 3.05) is 10.6 Å². The van der Waals surface area contributed by atoms with E-state index in [1.54, 1.807) is 9.47 Å². The van der Waals surface area contributed by atoms with E-state index in [1.807, 2.05) is 0 Å². The number of aromatic amines is 1. The van der Waals surface area contributed by atoms with Crippen LogP contribution >= 0.6 is 0 Å². The number of nitrogen functional groups attached to an aromatic ring is 1. The molecule has 0 unspecified atom stereocenters. The summed E-state index contributed by atoms with van der Waals surface area (Å²) in [4.78, 5) is 38.8. The molecule has 0 radical (unpaired) electrons. The number of fused-ring (bicyclic) bond motifs is 2. The zero-order chi connectivity index (χ0) is 21.3. The quantitative estimate of drug-likeness (QED) is 0.560. The van der Waals surface area contributed by atoms with Gasteiger partial charge in [-0.3, -0.25) is 14.7 Å². The summed E-state index contributed by atoms with van der Waals surface area (Å²) < 4.78 is 17.0. The van der Waals surface area contributed by atoms with Crippen LogP contribution in [0.4, 0.5) is 15.9 Å². The summed E-state index contributed by atoms with van der Waals surface area (Å²) in [6.45, 7) is 1.86. The Hall–Kier alpha value is -3.69. The molecule has 10 heteroatoms. The van der Waals surface area contributed by atoms with Crippen LogP contribution < -0.4 is 16.1 Å². The zero-order valence-electron chi connectivity index (χ0n) is 16.0. The first-order valence-electron chi connectivity index (χ1n) is 9.50. The first-order chi connectivity index (χ1) is 14.3. The van der Waals surface area contributed by atoms with E-state index >= 15 is 4.39 Å². The molecular formula is C20H18FN5O4. The number of anilines is 2. The van der Waals surface area contributed by atoms with Gasteiger partial charge < -0.3 is 20.3 Å². The molecule has 0 amide bonds. The van der Waals surface area contributed by atoms with E-state index in [2.05, 4.69) is 10.2 Å². The monoisotopic (exact) mass is 411 g/mol. The van der Waals surface area contributed by atoms with Gasteiger partial charge in [-0.25, -0.2) is 9.18 Å². The largest absolute Gasteiger partial charge is 0.477 e. The SMILES string of the molecule is CC(=O)c1c(N2Cc3[nH]nc(N)c3C2)c(F)cc2c(=O)c(C(=O)O)cn(C3CC3)c12. The highest BCUT2D eigenvalue weighted by molar-refractivity contribution is 6.11. The number of carbonyl (C=O) groups is 2. The lowest BCUT2D eigenvalue weighted by Gasteiger charge is -2.24. The second-order valence-corrected chi connectivity index (χ2v) is 7.77. The van der Waals surface area contributed by atoms with Gasteiger partial charge in [0.25, 0.3) is 0 Å². The van der Waals surface area contributed by atoms with Crippen molar-refractivity contribution >= 4 is 34.2 Å². The highest BCUT2D eigenvalue weighted by Gasteiger charge is 2.34. The molecule has 3 heterocycles. The molecule has 2 aromatic heterocycles. The number of benzene rings is 1. The van der Waals surface area contributed by atoms with Gasteiger partial charge in [0, 0.05) is 24.3 Å². The lowest BCUT2D eigenvalue weighted by atomic mass is 10.0. The Morgan fingerprint density at radius 1 is 1.33 bits per heavy atom. The minimum Gasteiger partial charge on any atom is -0.477 e. The molecular weight excluding hydrogens is 393 g/mol. The van der Waals surface area contributed by atoms with E-state index in [4.69, 9.17) is 5.73 Å². The average Bonchev–Trinajstić information content (AvgIpc) is 3.35. The van der Waals surface area contributed by atoms with E-state index in [-0.39, 0.29) is 41.3 Å². The van der Waals surface area contributed by atoms with Crippen LogP contribution in [0.15, 0.2) is 17.1 Å². The molecule has 30 heavy (non-hydrogen) atoms. The number of hydrogen-bond donors (Lipinski definition) is 3. The molecule has 5 rings (SSSR count). The minimum atomic E-state index is -1.38. The Kier molecular flexibility index (Phi) is 3.76. The summed E-state index contributed by atoms with van der Waals surface area (Å²) in [5.74, 6) is -2.23. The van der Waals surface area contributed by atoms with Gasteiger partial charge in [0.05, 0.1) is 34.4 Å². The Balaban J connectivity index is 1.82. The predicted octanol–water partition coefficient (Wildman–Crippen LogP) is 2.20. The average molecular weight is 411 g/mol. The van der Waals surface area contributed by atoms with Crippen LogP contribution in [0.1, 0.15) is 57.8 Å². The number of carbonyl (C=O) groups excluding carboxylic acids is 1. The van der Waals surface area contributed by atoms with Crippen LogP contribution in [0.3, 0.4) is 0 Å². The van der Waals surface area contributed by atoms with Crippen molar-refractivity contribution in [3.8, 4) is 0 Å². The number of hydrogen-bond acceptors (Lipinski definition) is 6. The zero-order valence-corrected chi connectivity index (χ0v) is 16.0. The van der Waals surface area contributed by atoms with E-state index in [0.717, 1.165) is 30.2 Å². The maximum absolute atomic E-state index is 15.3. The Morgan fingerprint density at radius 2 is 2.07 bits per heavy atom. The predicted molar refractivity (Wildman–Crippen MR) is 106 cm³/mol. The first kappa shape index (κ1) is 18.3. The number of H-pyrrole nitrogens is 1. The van der Waals surface area contributed by atoms with Crippen molar-refractivity contribution in [2.45, 2.75) is 38.9 Å². The molecule has 0 spiro atoms. The number of ketones is 1. The van der Waals surface area contributed by atoms with Crippen molar-refractivity contribution < 1.29 is 19.1 Å². The summed E-state index contributed by atoms with van der Waals surface area (Å²) in [7, 11) is 0. The smallest absolute Gasteiger partial charge is 0.341 e. The van der Waals surface area contributed by atoms with Crippen LogP contribution in [0, 0.1) is 5.82 Å². The number of nitrogens with zero attached hydrogens (tertiary/aromatic N) is 3. The lowest BCUT2D eigenvalue weighted by molar-refractivity contribution is 0.0694. The molecule has 0 bridgehead atoms. The van der Waals surface area contributed by atoms with Gasteiger partial charge >= 0.3 is 5.97 Å². The molecule has 4 N–H and O–H groups in total. The van der Waals surface area contributed by atoms with Gasteiger partial charge in [-0.1, -0.05) is 0 Å². The number of pyridine rings is 1. The van der Waals surface area contributed by atoms with E-state index in [0.29, 0.717) is 5.82 Å². The molecule has 2 aliphatic rings. The Labute approximate surface area is 168 Å². The summed E-state index contributed by atoms with van der Waals surface area (Å²) in [6, 6.07) is 1.01. The molecule has 1 aliphatic carbocycles. The van der Waals surface area contributed by atoms with E-state index in [9.17, 15) is 19.5 Å². The Morgan fingerprint density at radius 3 is 2.67 bits per heavy atom. The fourth-order valence-corrected chi connectivity index (χ4v) is 4.23. The fraction of sp³-hybridized carbons (Fsp3) is 0.300. The number of halogens is 1. The molecule has 154 valence electrons. The van der Waals surface area contributed by atoms with Crippen molar-refractivity contribution in [2.24, 2.45) is 0 Å². The van der Waals surface area contributed by atoms with Gasteiger partial charge in [-0.15, -0.1) is 0 Å². The van der Waals surface area contributed by atoms with Gasteiger partial charge in [-0.2, -0.15) is 5.10 Å². The van der Waals surface area contributed by atoms with Gasteiger partial charge in [0.15, 0.2) is 11.6 Å². The third kappa shape index (κ3) is 2.53. The number of aromatic carboxylic acids is 1. The topological polar surface area (TPSA) is 134 Å². The molecule has 1 saturated carbocycles. The van der Waals surface area contributed by atoms with Crippen LogP contribution in [0.5, 0.6) is 0 Å². The second kappa shape index (κ2) is 6.15. The summed E-state index contributed by atoms with van der Waals surface area (Å²) >= 11 is 0. The molecule has 1 aromatic carbocycles. The molecule has 3 aromatic rings. The number of nitrogens with two attached hydrogens (primary N) is 1. The normalized spacial score (nSPS) is 15.6. The fourth-order valence-electron chi connectivity index (χ4n) is 4.23. The van der Waals surface area contributed by atoms with E-state index < -0.39 is 28.6 Å². The minimum absolute atomic E-state index is 0.0336. The highest BCUT2D eigenvalue weighted by Crippen LogP contribution is 2.42. The molecule has 0 atom stereocenters. The molecule has 1 fully saturated rings. The van der Waals surface area contributed by atoms with Gasteiger partial charge in [0.2, 0.25) is 5.43 Å².